The second-order valence-electron chi connectivity index (χ2n) is 5.51. The molecule has 0 aliphatic carbocycles. The molecule has 0 saturated carbocycles. The van der Waals surface area contributed by atoms with E-state index in [0.29, 0.717) is 5.82 Å². The molecular formula is C13H21ClN4O2S. The maximum absolute atomic E-state index is 12.4. The molecular weight excluding hydrogens is 312 g/mol. The highest BCUT2D eigenvalue weighted by atomic mass is 35.5. The molecule has 2 heterocycles. The van der Waals surface area contributed by atoms with Gasteiger partial charge in [-0.05, 0) is 32.0 Å². The van der Waals surface area contributed by atoms with Crippen LogP contribution in [0.2, 0.25) is 5.02 Å². The van der Waals surface area contributed by atoms with Crippen LogP contribution in [0.3, 0.4) is 0 Å². The number of anilines is 1. The van der Waals surface area contributed by atoms with Gasteiger partial charge in [-0.2, -0.15) is 0 Å². The van der Waals surface area contributed by atoms with Crippen molar-refractivity contribution in [1.82, 2.24) is 14.6 Å². The summed E-state index contributed by atoms with van der Waals surface area (Å²) in [5, 5.41) is 3.09. The molecule has 0 aromatic carbocycles. The van der Waals surface area contributed by atoms with Crippen molar-refractivity contribution in [1.29, 1.82) is 0 Å². The lowest BCUT2D eigenvalue weighted by Gasteiger charge is -2.34. The number of rotatable bonds is 4. The third-order valence-corrected chi connectivity index (χ3v) is 5.52. The molecule has 0 amide bonds. The molecule has 1 aromatic heterocycles. The molecule has 1 aliphatic rings. The number of hydrogen-bond donors (Lipinski definition) is 2. The van der Waals surface area contributed by atoms with Crippen molar-refractivity contribution in [2.75, 3.05) is 32.5 Å². The van der Waals surface area contributed by atoms with Crippen LogP contribution in [0, 0.1) is 5.92 Å². The number of nitrogens with one attached hydrogen (secondary N) is 2. The minimum atomic E-state index is -3.60. The van der Waals surface area contributed by atoms with Crippen LogP contribution in [-0.2, 0) is 10.0 Å². The number of halogens is 1. The van der Waals surface area contributed by atoms with E-state index in [0.717, 1.165) is 19.5 Å². The number of aromatic nitrogens is 1. The third kappa shape index (κ3) is 3.85. The first-order chi connectivity index (χ1) is 9.83. The van der Waals surface area contributed by atoms with Crippen LogP contribution in [-0.4, -0.2) is 51.5 Å². The molecule has 2 unspecified atom stereocenters. The standard InChI is InChI=1S/C13H21ClN4O2S/c1-9-8-18(3)5-4-12(9)17-21(19,20)10-6-11(14)13(15-2)16-7-10/h6-7,9,12,17H,4-5,8H2,1-3H3,(H,15,16). The van der Waals surface area contributed by atoms with Gasteiger partial charge in [0, 0.05) is 25.8 Å². The van der Waals surface area contributed by atoms with E-state index in [1.807, 2.05) is 7.05 Å². The molecule has 6 nitrogen and oxygen atoms in total. The average Bonchev–Trinajstić information content (AvgIpc) is 2.42. The zero-order valence-corrected chi connectivity index (χ0v) is 14.0. The average molecular weight is 333 g/mol. The Balaban J connectivity index is 2.17. The van der Waals surface area contributed by atoms with Gasteiger partial charge in [-0.1, -0.05) is 18.5 Å². The van der Waals surface area contributed by atoms with Gasteiger partial charge in [0.05, 0.1) is 5.02 Å². The molecule has 2 atom stereocenters. The number of nitrogens with zero attached hydrogens (tertiary/aromatic N) is 2. The fourth-order valence-corrected chi connectivity index (χ4v) is 4.22. The Kier molecular flexibility index (Phi) is 5.08. The largest absolute Gasteiger partial charge is 0.372 e. The summed E-state index contributed by atoms with van der Waals surface area (Å²) in [6.07, 6.45) is 2.12. The summed E-state index contributed by atoms with van der Waals surface area (Å²) in [6, 6.07) is 1.36. The first kappa shape index (κ1) is 16.5. The molecule has 2 N–H and O–H groups in total. The Morgan fingerprint density at radius 2 is 2.19 bits per heavy atom. The van der Waals surface area contributed by atoms with Crippen molar-refractivity contribution in [3.8, 4) is 0 Å². The Hall–Kier alpha value is -0.890. The van der Waals surface area contributed by atoms with E-state index in [2.05, 4.69) is 26.8 Å². The summed E-state index contributed by atoms with van der Waals surface area (Å²) in [7, 11) is 0.123. The number of hydrogen-bond acceptors (Lipinski definition) is 5. The van der Waals surface area contributed by atoms with Gasteiger partial charge in [0.1, 0.15) is 10.7 Å². The lowest BCUT2D eigenvalue weighted by atomic mass is 9.95. The number of pyridine rings is 1. The van der Waals surface area contributed by atoms with Crippen molar-refractivity contribution < 1.29 is 8.42 Å². The second-order valence-corrected chi connectivity index (χ2v) is 7.63. The van der Waals surface area contributed by atoms with Gasteiger partial charge in [0.2, 0.25) is 10.0 Å². The van der Waals surface area contributed by atoms with E-state index in [9.17, 15) is 8.42 Å². The van der Waals surface area contributed by atoms with E-state index in [1.54, 1.807) is 7.05 Å². The van der Waals surface area contributed by atoms with Gasteiger partial charge in [0.15, 0.2) is 0 Å². The molecule has 1 fully saturated rings. The van der Waals surface area contributed by atoms with Gasteiger partial charge in [0.25, 0.3) is 0 Å². The first-order valence-electron chi connectivity index (χ1n) is 6.87. The molecule has 2 rings (SSSR count). The van der Waals surface area contributed by atoms with Crippen LogP contribution < -0.4 is 10.0 Å². The molecule has 1 aliphatic heterocycles. The normalized spacial score (nSPS) is 24.0. The highest BCUT2D eigenvalue weighted by molar-refractivity contribution is 7.89. The summed E-state index contributed by atoms with van der Waals surface area (Å²) in [5.74, 6) is 0.724. The van der Waals surface area contributed by atoms with E-state index in [1.165, 1.54) is 12.3 Å². The van der Waals surface area contributed by atoms with Crippen molar-refractivity contribution in [2.45, 2.75) is 24.3 Å². The Morgan fingerprint density at radius 3 is 2.76 bits per heavy atom. The van der Waals surface area contributed by atoms with E-state index < -0.39 is 10.0 Å². The van der Waals surface area contributed by atoms with E-state index >= 15 is 0 Å². The second kappa shape index (κ2) is 6.48. The Morgan fingerprint density at radius 1 is 1.48 bits per heavy atom. The topological polar surface area (TPSA) is 74.3 Å². The maximum atomic E-state index is 12.4. The summed E-state index contributed by atoms with van der Waals surface area (Å²) in [5.41, 5.74) is 0. The highest BCUT2D eigenvalue weighted by Crippen LogP contribution is 2.23. The molecule has 118 valence electrons. The van der Waals surface area contributed by atoms with Gasteiger partial charge >= 0.3 is 0 Å². The van der Waals surface area contributed by atoms with Crippen LogP contribution in [0.4, 0.5) is 5.82 Å². The zero-order chi connectivity index (χ0) is 15.6. The van der Waals surface area contributed by atoms with Gasteiger partial charge < -0.3 is 10.2 Å². The highest BCUT2D eigenvalue weighted by Gasteiger charge is 2.29. The summed E-state index contributed by atoms with van der Waals surface area (Å²) >= 11 is 6.00. The number of sulfonamides is 1. The minimum absolute atomic E-state index is 0.0612. The predicted molar refractivity (Wildman–Crippen MR) is 84.2 cm³/mol. The van der Waals surface area contributed by atoms with Gasteiger partial charge in [-0.15, -0.1) is 0 Å². The monoisotopic (exact) mass is 332 g/mol. The Labute approximate surface area is 130 Å². The van der Waals surface area contributed by atoms with Crippen molar-refractivity contribution in [2.24, 2.45) is 5.92 Å². The van der Waals surface area contributed by atoms with Crippen LogP contribution in [0.15, 0.2) is 17.2 Å². The Bertz CT molecular complexity index is 608. The maximum Gasteiger partial charge on any atom is 0.242 e. The molecule has 8 heteroatoms. The molecule has 0 spiro atoms. The van der Waals surface area contributed by atoms with Gasteiger partial charge in [-0.3, -0.25) is 0 Å². The third-order valence-electron chi connectivity index (χ3n) is 3.78. The van der Waals surface area contributed by atoms with E-state index in [4.69, 9.17) is 11.6 Å². The molecule has 0 bridgehead atoms. The quantitative estimate of drug-likeness (QED) is 0.871. The summed E-state index contributed by atoms with van der Waals surface area (Å²) < 4.78 is 27.6. The molecule has 21 heavy (non-hydrogen) atoms. The molecule has 0 radical (unpaired) electrons. The van der Waals surface area contributed by atoms with Crippen LogP contribution >= 0.6 is 11.6 Å². The van der Waals surface area contributed by atoms with Crippen LogP contribution in [0.5, 0.6) is 0 Å². The van der Waals surface area contributed by atoms with Crippen LogP contribution in [0.25, 0.3) is 0 Å². The van der Waals surface area contributed by atoms with Crippen molar-refractivity contribution >= 4 is 27.4 Å². The van der Waals surface area contributed by atoms with Gasteiger partial charge in [-0.25, -0.2) is 18.1 Å². The summed E-state index contributed by atoms with van der Waals surface area (Å²) in [4.78, 5) is 6.32. The predicted octanol–water partition coefficient (Wildman–Crippen LogP) is 1.40. The fourth-order valence-electron chi connectivity index (χ4n) is 2.55. The molecule has 1 aromatic rings. The minimum Gasteiger partial charge on any atom is -0.372 e. The van der Waals surface area contributed by atoms with Crippen molar-refractivity contribution in [3.05, 3.63) is 17.3 Å². The zero-order valence-electron chi connectivity index (χ0n) is 12.4. The van der Waals surface area contributed by atoms with Crippen LogP contribution in [0.1, 0.15) is 13.3 Å². The number of piperidine rings is 1. The van der Waals surface area contributed by atoms with Crippen molar-refractivity contribution in [3.63, 3.8) is 0 Å². The SMILES string of the molecule is CNc1ncc(S(=O)(=O)NC2CCN(C)CC2C)cc1Cl. The smallest absolute Gasteiger partial charge is 0.242 e. The summed E-state index contributed by atoms with van der Waals surface area (Å²) in [6.45, 7) is 3.82. The first-order valence-corrected chi connectivity index (χ1v) is 8.74. The lowest BCUT2D eigenvalue weighted by molar-refractivity contribution is 0.188. The molecule has 1 saturated heterocycles. The number of likely N-dealkylation sites (tertiary alicyclic amines) is 1. The lowest BCUT2D eigenvalue weighted by Crippen LogP contribution is -2.48. The van der Waals surface area contributed by atoms with E-state index in [-0.39, 0.29) is 21.9 Å². The fraction of sp³-hybridized carbons (Fsp3) is 0.615.